The second-order valence-corrected chi connectivity index (χ2v) is 9.47. The Morgan fingerprint density at radius 3 is 1.78 bits per heavy atom. The summed E-state index contributed by atoms with van der Waals surface area (Å²) < 4.78 is 28.3. The average Bonchev–Trinajstić information content (AvgIpc) is 2.67. The molecule has 140 valence electrons. The molecule has 27 heavy (non-hydrogen) atoms. The fourth-order valence-electron chi connectivity index (χ4n) is 2.91. The van der Waals surface area contributed by atoms with Gasteiger partial charge in [-0.05, 0) is 40.8 Å². The van der Waals surface area contributed by atoms with E-state index in [1.165, 1.54) is 4.31 Å². The van der Waals surface area contributed by atoms with Gasteiger partial charge in [0.15, 0.2) is 0 Å². The summed E-state index contributed by atoms with van der Waals surface area (Å²) in [6, 6.07) is 26.1. The molecule has 0 unspecified atom stereocenters. The SMILES string of the molecule is CC(C)(C)c1ccc(S(=O)(=O)N(Cc2ccccc2)c2ccccc2)cc1. The molecule has 0 radical (unpaired) electrons. The van der Waals surface area contributed by atoms with Crippen LogP contribution in [0, 0.1) is 0 Å². The van der Waals surface area contributed by atoms with Crippen LogP contribution in [0.5, 0.6) is 0 Å². The number of hydrogen-bond acceptors (Lipinski definition) is 2. The molecular weight excluding hydrogens is 354 g/mol. The first-order valence-electron chi connectivity index (χ1n) is 9.01. The van der Waals surface area contributed by atoms with E-state index in [0.29, 0.717) is 10.6 Å². The van der Waals surface area contributed by atoms with Crippen molar-refractivity contribution >= 4 is 15.7 Å². The highest BCUT2D eigenvalue weighted by molar-refractivity contribution is 7.92. The lowest BCUT2D eigenvalue weighted by Crippen LogP contribution is -2.30. The first kappa shape index (κ1) is 19.2. The van der Waals surface area contributed by atoms with Crippen LogP contribution >= 0.6 is 0 Å². The standard InChI is InChI=1S/C23H25NO2S/c1-23(2,3)20-14-16-22(17-15-20)27(25,26)24(21-12-8-5-9-13-21)18-19-10-6-4-7-11-19/h4-17H,18H2,1-3H3. The van der Waals surface area contributed by atoms with Gasteiger partial charge in [-0.25, -0.2) is 8.42 Å². The predicted molar refractivity (Wildman–Crippen MR) is 111 cm³/mol. The minimum Gasteiger partial charge on any atom is -0.262 e. The maximum absolute atomic E-state index is 13.4. The van der Waals surface area contributed by atoms with E-state index in [-0.39, 0.29) is 12.0 Å². The van der Waals surface area contributed by atoms with Crippen LogP contribution in [0.4, 0.5) is 5.69 Å². The van der Waals surface area contributed by atoms with E-state index in [2.05, 4.69) is 20.8 Å². The lowest BCUT2D eigenvalue weighted by Gasteiger charge is -2.25. The molecule has 0 spiro atoms. The van der Waals surface area contributed by atoms with Crippen molar-refractivity contribution in [1.82, 2.24) is 0 Å². The van der Waals surface area contributed by atoms with Crippen LogP contribution < -0.4 is 4.31 Å². The van der Waals surface area contributed by atoms with Crippen molar-refractivity contribution in [1.29, 1.82) is 0 Å². The lowest BCUT2D eigenvalue weighted by molar-refractivity contribution is 0.584. The molecule has 0 saturated carbocycles. The van der Waals surface area contributed by atoms with E-state index in [4.69, 9.17) is 0 Å². The average molecular weight is 380 g/mol. The van der Waals surface area contributed by atoms with Gasteiger partial charge in [-0.2, -0.15) is 0 Å². The van der Waals surface area contributed by atoms with Gasteiger partial charge in [0.1, 0.15) is 0 Å². The second-order valence-electron chi connectivity index (χ2n) is 7.61. The van der Waals surface area contributed by atoms with Gasteiger partial charge in [-0.3, -0.25) is 4.31 Å². The zero-order valence-corrected chi connectivity index (χ0v) is 16.8. The van der Waals surface area contributed by atoms with Crippen molar-refractivity contribution in [2.24, 2.45) is 0 Å². The van der Waals surface area contributed by atoms with E-state index in [1.807, 2.05) is 72.8 Å². The Morgan fingerprint density at radius 1 is 0.741 bits per heavy atom. The number of para-hydroxylation sites is 1. The number of hydrogen-bond donors (Lipinski definition) is 0. The zero-order valence-electron chi connectivity index (χ0n) is 16.0. The normalized spacial score (nSPS) is 12.0. The lowest BCUT2D eigenvalue weighted by atomic mass is 9.87. The van der Waals surface area contributed by atoms with Crippen LogP contribution in [0.15, 0.2) is 89.8 Å². The summed E-state index contributed by atoms with van der Waals surface area (Å²) in [7, 11) is -3.68. The molecule has 0 N–H and O–H groups in total. The summed E-state index contributed by atoms with van der Waals surface area (Å²) in [6.45, 7) is 6.63. The number of anilines is 1. The Morgan fingerprint density at radius 2 is 1.26 bits per heavy atom. The van der Waals surface area contributed by atoms with Gasteiger partial charge in [0.25, 0.3) is 10.0 Å². The second kappa shape index (κ2) is 7.57. The van der Waals surface area contributed by atoms with Crippen molar-refractivity contribution in [3.8, 4) is 0 Å². The molecule has 3 aromatic carbocycles. The van der Waals surface area contributed by atoms with Crippen LogP contribution in [0.1, 0.15) is 31.9 Å². The third kappa shape index (κ3) is 4.40. The predicted octanol–water partition coefficient (Wildman–Crippen LogP) is 5.38. The molecule has 3 nitrogen and oxygen atoms in total. The molecule has 0 amide bonds. The summed E-state index contributed by atoms with van der Waals surface area (Å²) in [6.07, 6.45) is 0. The van der Waals surface area contributed by atoms with E-state index in [9.17, 15) is 8.42 Å². The molecule has 0 atom stereocenters. The van der Waals surface area contributed by atoms with Crippen molar-refractivity contribution < 1.29 is 8.42 Å². The number of sulfonamides is 1. The highest BCUT2D eigenvalue weighted by atomic mass is 32.2. The van der Waals surface area contributed by atoms with Gasteiger partial charge >= 0.3 is 0 Å². The van der Waals surface area contributed by atoms with E-state index < -0.39 is 10.0 Å². The maximum atomic E-state index is 13.4. The third-order valence-electron chi connectivity index (χ3n) is 4.52. The van der Waals surface area contributed by atoms with Gasteiger partial charge in [-0.15, -0.1) is 0 Å². The van der Waals surface area contributed by atoms with Gasteiger partial charge in [0.05, 0.1) is 17.1 Å². The molecule has 4 heteroatoms. The molecule has 0 aliphatic rings. The van der Waals surface area contributed by atoms with Crippen LogP contribution in [0.3, 0.4) is 0 Å². The van der Waals surface area contributed by atoms with Crippen LogP contribution in [0.2, 0.25) is 0 Å². The van der Waals surface area contributed by atoms with Gasteiger partial charge in [0, 0.05) is 0 Å². The van der Waals surface area contributed by atoms with Gasteiger partial charge < -0.3 is 0 Å². The van der Waals surface area contributed by atoms with Crippen molar-refractivity contribution in [3.63, 3.8) is 0 Å². The fraction of sp³-hybridized carbons (Fsp3) is 0.217. The molecular formula is C23H25NO2S. The Bertz CT molecular complexity index is 974. The molecule has 0 aliphatic heterocycles. The van der Waals surface area contributed by atoms with Crippen LogP contribution in [0.25, 0.3) is 0 Å². The molecule has 0 aromatic heterocycles. The van der Waals surface area contributed by atoms with Crippen LogP contribution in [-0.4, -0.2) is 8.42 Å². The van der Waals surface area contributed by atoms with E-state index >= 15 is 0 Å². The topological polar surface area (TPSA) is 37.4 Å². The van der Waals surface area contributed by atoms with Crippen molar-refractivity contribution in [2.75, 3.05) is 4.31 Å². The molecule has 3 rings (SSSR count). The van der Waals surface area contributed by atoms with Crippen molar-refractivity contribution in [2.45, 2.75) is 37.6 Å². The Kier molecular flexibility index (Phi) is 5.38. The van der Waals surface area contributed by atoms with Crippen LogP contribution in [-0.2, 0) is 22.0 Å². The molecule has 0 aliphatic carbocycles. The summed E-state index contributed by atoms with van der Waals surface area (Å²) >= 11 is 0. The minimum atomic E-state index is -3.68. The Balaban J connectivity index is 2.02. The first-order valence-corrected chi connectivity index (χ1v) is 10.4. The van der Waals surface area contributed by atoms with E-state index in [0.717, 1.165) is 11.1 Å². The number of rotatable bonds is 5. The number of benzene rings is 3. The molecule has 3 aromatic rings. The largest absolute Gasteiger partial charge is 0.264 e. The van der Waals surface area contributed by atoms with E-state index in [1.54, 1.807) is 12.1 Å². The summed E-state index contributed by atoms with van der Waals surface area (Å²) in [5.74, 6) is 0. The highest BCUT2D eigenvalue weighted by Crippen LogP contribution is 2.28. The van der Waals surface area contributed by atoms with Crippen molar-refractivity contribution in [3.05, 3.63) is 96.1 Å². The smallest absolute Gasteiger partial charge is 0.262 e. The first-order chi connectivity index (χ1) is 12.8. The fourth-order valence-corrected chi connectivity index (χ4v) is 4.37. The number of nitrogens with zero attached hydrogens (tertiary/aromatic N) is 1. The summed E-state index contributed by atoms with van der Waals surface area (Å²) in [5, 5.41) is 0. The minimum absolute atomic E-state index is 0.0224. The Hall–Kier alpha value is -2.59. The quantitative estimate of drug-likeness (QED) is 0.597. The zero-order chi connectivity index (χ0) is 19.5. The third-order valence-corrected chi connectivity index (χ3v) is 6.31. The summed E-state index contributed by atoms with van der Waals surface area (Å²) in [5.41, 5.74) is 2.68. The Labute approximate surface area is 162 Å². The molecule has 0 bridgehead atoms. The summed E-state index contributed by atoms with van der Waals surface area (Å²) in [4.78, 5) is 0.301. The van der Waals surface area contributed by atoms with Gasteiger partial charge in [0.2, 0.25) is 0 Å². The monoisotopic (exact) mass is 379 g/mol. The molecule has 0 saturated heterocycles. The maximum Gasteiger partial charge on any atom is 0.264 e. The van der Waals surface area contributed by atoms with Gasteiger partial charge in [-0.1, -0.05) is 81.4 Å². The molecule has 0 fully saturated rings. The molecule has 0 heterocycles. The highest BCUT2D eigenvalue weighted by Gasteiger charge is 2.25.